The highest BCUT2D eigenvalue weighted by molar-refractivity contribution is 9.10. The monoisotopic (exact) mass is 580 g/mol. The van der Waals surface area contributed by atoms with E-state index in [2.05, 4.69) is 21.2 Å². The van der Waals surface area contributed by atoms with Crippen molar-refractivity contribution in [3.63, 3.8) is 0 Å². The molecule has 0 saturated carbocycles. The predicted molar refractivity (Wildman–Crippen MR) is 145 cm³/mol. The van der Waals surface area contributed by atoms with Crippen molar-refractivity contribution in [2.45, 2.75) is 22.7 Å². The average molecular weight is 582 g/mol. The molecule has 0 aromatic heterocycles. The van der Waals surface area contributed by atoms with Crippen molar-refractivity contribution in [1.82, 2.24) is 10.2 Å². The molecule has 2 aliphatic rings. The first kappa shape index (κ1) is 24.7. The molecule has 1 fully saturated rings. The zero-order valence-corrected chi connectivity index (χ0v) is 22.1. The number of β-lactam (4-membered cyclic amide) rings is 1. The van der Waals surface area contributed by atoms with Gasteiger partial charge in [-0.3, -0.25) is 14.5 Å². The highest BCUT2D eigenvalue weighted by Crippen LogP contribution is 2.46. The number of hydrogen-bond acceptors (Lipinski definition) is 5. The van der Waals surface area contributed by atoms with Gasteiger partial charge in [-0.1, -0.05) is 94.4 Å². The number of rotatable bonds is 7. The first-order chi connectivity index (χ1) is 17.4. The second-order valence-electron chi connectivity index (χ2n) is 8.30. The van der Waals surface area contributed by atoms with Crippen molar-refractivity contribution in [2.24, 2.45) is 0 Å². The molecule has 3 aromatic rings. The van der Waals surface area contributed by atoms with Crippen LogP contribution in [0, 0.1) is 0 Å². The van der Waals surface area contributed by atoms with Gasteiger partial charge in [0, 0.05) is 20.0 Å². The summed E-state index contributed by atoms with van der Waals surface area (Å²) in [7, 11) is 0. The number of carboxylic acid groups (broad SMARTS) is 1. The topological polar surface area (TPSA) is 86.7 Å². The highest BCUT2D eigenvalue weighted by atomic mass is 79.9. The van der Waals surface area contributed by atoms with Gasteiger partial charge in [0.15, 0.2) is 0 Å². The van der Waals surface area contributed by atoms with E-state index in [1.54, 1.807) is 0 Å². The van der Waals surface area contributed by atoms with Gasteiger partial charge in [0.1, 0.15) is 17.1 Å². The summed E-state index contributed by atoms with van der Waals surface area (Å²) in [5.41, 5.74) is 2.96. The minimum Gasteiger partial charge on any atom is -0.477 e. The van der Waals surface area contributed by atoms with E-state index in [1.165, 1.54) is 28.4 Å². The van der Waals surface area contributed by atoms with Gasteiger partial charge in [-0.2, -0.15) is 0 Å². The normalized spacial score (nSPS) is 18.9. The Morgan fingerprint density at radius 2 is 1.75 bits per heavy atom. The number of benzene rings is 3. The summed E-state index contributed by atoms with van der Waals surface area (Å²) in [4.78, 5) is 40.4. The maximum atomic E-state index is 12.9. The van der Waals surface area contributed by atoms with Crippen molar-refractivity contribution in [3.8, 4) is 11.1 Å². The molecule has 1 saturated heterocycles. The summed E-state index contributed by atoms with van der Waals surface area (Å²) in [6, 6.07) is 24.4. The first-order valence-electron chi connectivity index (χ1n) is 11.2. The third-order valence-corrected chi connectivity index (χ3v) is 9.12. The lowest BCUT2D eigenvalue weighted by molar-refractivity contribution is -0.150. The van der Waals surface area contributed by atoms with Crippen molar-refractivity contribution in [1.29, 1.82) is 0 Å². The molecule has 2 N–H and O–H groups in total. The Kier molecular flexibility index (Phi) is 7.22. The van der Waals surface area contributed by atoms with Crippen LogP contribution in [-0.2, 0) is 20.8 Å². The van der Waals surface area contributed by atoms with Crippen LogP contribution in [0.25, 0.3) is 11.1 Å². The number of aliphatic carboxylic acids is 1. The number of hydrogen-bond donors (Lipinski definition) is 2. The van der Waals surface area contributed by atoms with E-state index in [1.807, 2.05) is 78.9 Å². The van der Waals surface area contributed by atoms with Crippen LogP contribution < -0.4 is 5.32 Å². The minimum atomic E-state index is -1.15. The molecule has 2 aliphatic heterocycles. The Morgan fingerprint density at radius 1 is 1.06 bits per heavy atom. The standard InChI is InChI=1S/C27H21BrN2O4S2/c28-20-14-18(11-12-19(20)17-9-5-2-6-10-17)36-21-15-35-26-23(25(32)30(26)24(21)27(33)34)29-22(31)13-16-7-3-1-4-8-16/h1-12,14,23,26H,13,15H2,(H,29,31)(H,33,34)/t23-,26+/m1/s1. The maximum absolute atomic E-state index is 12.9. The summed E-state index contributed by atoms with van der Waals surface area (Å²) in [6.45, 7) is 0. The van der Waals surface area contributed by atoms with Gasteiger partial charge >= 0.3 is 5.97 Å². The third-order valence-electron chi connectivity index (χ3n) is 5.93. The number of carboxylic acids is 1. The second-order valence-corrected chi connectivity index (χ2v) is 11.4. The van der Waals surface area contributed by atoms with Gasteiger partial charge < -0.3 is 10.4 Å². The zero-order chi connectivity index (χ0) is 25.2. The Hall–Kier alpha value is -3.01. The Balaban J connectivity index is 1.31. The molecule has 0 aliphatic carbocycles. The number of halogens is 1. The molecule has 6 nitrogen and oxygen atoms in total. The number of fused-ring (bicyclic) bond motifs is 1. The van der Waals surface area contributed by atoms with E-state index >= 15 is 0 Å². The molecule has 182 valence electrons. The molecule has 0 spiro atoms. The van der Waals surface area contributed by atoms with E-state index in [9.17, 15) is 19.5 Å². The van der Waals surface area contributed by atoms with Gasteiger partial charge in [-0.05, 0) is 28.8 Å². The molecule has 3 aromatic carbocycles. The lowest BCUT2D eigenvalue weighted by atomic mass is 10.0. The number of carbonyl (C=O) groups is 3. The van der Waals surface area contributed by atoms with Crippen molar-refractivity contribution in [2.75, 3.05) is 5.75 Å². The van der Waals surface area contributed by atoms with E-state index in [4.69, 9.17) is 0 Å². The molecule has 5 rings (SSSR count). The predicted octanol–water partition coefficient (Wildman–Crippen LogP) is 5.15. The molecule has 9 heteroatoms. The molecule has 36 heavy (non-hydrogen) atoms. The maximum Gasteiger partial charge on any atom is 0.353 e. The quantitative estimate of drug-likeness (QED) is 0.376. The smallest absolute Gasteiger partial charge is 0.353 e. The van der Waals surface area contributed by atoms with E-state index in [0.29, 0.717) is 10.7 Å². The van der Waals surface area contributed by atoms with Crippen molar-refractivity contribution >= 4 is 57.2 Å². The van der Waals surface area contributed by atoms with Gasteiger partial charge in [-0.25, -0.2) is 4.79 Å². The fourth-order valence-electron chi connectivity index (χ4n) is 4.23. The highest BCUT2D eigenvalue weighted by Gasteiger charge is 2.54. The van der Waals surface area contributed by atoms with Crippen LogP contribution in [-0.4, -0.2) is 45.0 Å². The lowest BCUT2D eigenvalue weighted by Crippen LogP contribution is -2.70. The SMILES string of the molecule is O=C(Cc1ccccc1)N[C@@H]1C(=O)N2C(C(=O)O)=C(Sc3ccc(-c4ccccc4)c(Br)c3)CS[C@@H]12. The fraction of sp³-hybridized carbons (Fsp3) is 0.148. The molecular weight excluding hydrogens is 560 g/mol. The van der Waals surface area contributed by atoms with E-state index < -0.39 is 23.3 Å². The van der Waals surface area contributed by atoms with Crippen LogP contribution in [0.15, 0.2) is 98.8 Å². The number of nitrogens with one attached hydrogen (secondary N) is 1. The molecule has 0 unspecified atom stereocenters. The molecule has 0 radical (unpaired) electrons. The van der Waals surface area contributed by atoms with Crippen LogP contribution in [0.3, 0.4) is 0 Å². The van der Waals surface area contributed by atoms with E-state index in [-0.39, 0.29) is 18.0 Å². The van der Waals surface area contributed by atoms with Crippen LogP contribution in [0.1, 0.15) is 5.56 Å². The van der Waals surface area contributed by atoms with E-state index in [0.717, 1.165) is 26.1 Å². The lowest BCUT2D eigenvalue weighted by Gasteiger charge is -2.49. The molecule has 0 bridgehead atoms. The largest absolute Gasteiger partial charge is 0.477 e. The number of amides is 2. The minimum absolute atomic E-state index is 0.00873. The molecule has 2 atom stereocenters. The summed E-state index contributed by atoms with van der Waals surface area (Å²) in [6.07, 6.45) is 0.165. The molecule has 2 amide bonds. The van der Waals surface area contributed by atoms with Gasteiger partial charge in [-0.15, -0.1) is 11.8 Å². The Labute approximate surface area is 225 Å². The van der Waals surface area contributed by atoms with Crippen LogP contribution in [0.5, 0.6) is 0 Å². The van der Waals surface area contributed by atoms with Gasteiger partial charge in [0.05, 0.1) is 6.42 Å². The molecule has 2 heterocycles. The van der Waals surface area contributed by atoms with Crippen molar-refractivity contribution in [3.05, 3.63) is 99.5 Å². The summed E-state index contributed by atoms with van der Waals surface area (Å²) >= 11 is 6.44. The summed E-state index contributed by atoms with van der Waals surface area (Å²) in [5.74, 6) is -1.37. The zero-order valence-electron chi connectivity index (χ0n) is 18.9. The second kappa shape index (κ2) is 10.5. The molecular formula is C27H21BrN2O4S2. The Morgan fingerprint density at radius 3 is 2.42 bits per heavy atom. The van der Waals surface area contributed by atoms with Gasteiger partial charge in [0.2, 0.25) is 5.91 Å². The first-order valence-corrected chi connectivity index (χ1v) is 13.9. The number of nitrogens with zero attached hydrogens (tertiary/aromatic N) is 1. The summed E-state index contributed by atoms with van der Waals surface area (Å²) < 4.78 is 0.902. The number of thioether (sulfide) groups is 2. The van der Waals surface area contributed by atoms with Gasteiger partial charge in [0.25, 0.3) is 5.91 Å². The average Bonchev–Trinajstić information content (AvgIpc) is 2.88. The Bertz CT molecular complexity index is 1360. The third kappa shape index (κ3) is 4.96. The van der Waals surface area contributed by atoms with Crippen molar-refractivity contribution < 1.29 is 19.5 Å². The van der Waals surface area contributed by atoms with Crippen LogP contribution in [0.2, 0.25) is 0 Å². The summed E-state index contributed by atoms with van der Waals surface area (Å²) in [5, 5.41) is 12.3. The van der Waals surface area contributed by atoms with Crippen LogP contribution in [0.4, 0.5) is 0 Å². The van der Waals surface area contributed by atoms with Crippen LogP contribution >= 0.6 is 39.5 Å². The number of carbonyl (C=O) groups excluding carboxylic acids is 2. The fourth-order valence-corrected chi connectivity index (χ4v) is 7.50.